The van der Waals surface area contributed by atoms with E-state index < -0.39 is 0 Å². The third kappa shape index (κ3) is 5.24. The summed E-state index contributed by atoms with van der Waals surface area (Å²) in [6.07, 6.45) is 2.47. The van der Waals surface area contributed by atoms with Crippen molar-refractivity contribution in [1.29, 1.82) is 0 Å². The van der Waals surface area contributed by atoms with E-state index in [-0.39, 0.29) is 0 Å². The minimum absolute atomic E-state index is 1.00. The largest absolute Gasteiger partial charge is 0.299 e. The van der Waals surface area contributed by atoms with Gasteiger partial charge in [-0.3, -0.25) is 4.90 Å². The van der Waals surface area contributed by atoms with Crippen molar-refractivity contribution in [3.63, 3.8) is 0 Å². The van der Waals surface area contributed by atoms with Crippen LogP contribution in [0.15, 0.2) is 30.3 Å². The average Bonchev–Trinajstić information content (AvgIpc) is 2.29. The van der Waals surface area contributed by atoms with Crippen molar-refractivity contribution in [2.75, 3.05) is 18.8 Å². The van der Waals surface area contributed by atoms with Crippen LogP contribution in [0.25, 0.3) is 0 Å². The second-order valence-electron chi connectivity index (χ2n) is 3.79. The van der Waals surface area contributed by atoms with E-state index in [2.05, 4.69) is 54.8 Å². The normalized spacial score (nSPS) is 10.9. The molecule has 0 bridgehead atoms. The summed E-state index contributed by atoms with van der Waals surface area (Å²) in [6.45, 7) is 5.61. The van der Waals surface area contributed by atoms with Crippen LogP contribution in [0.5, 0.6) is 0 Å². The van der Waals surface area contributed by atoms with E-state index in [4.69, 9.17) is 0 Å². The van der Waals surface area contributed by atoms with Crippen molar-refractivity contribution in [3.8, 4) is 0 Å². The molecule has 1 rings (SSSR count). The second kappa shape index (κ2) is 7.77. The summed E-state index contributed by atoms with van der Waals surface area (Å²) in [4.78, 5) is 2.48. The molecular formula is C13H21NS. The Hall–Kier alpha value is -0.470. The molecule has 0 radical (unpaired) electrons. The predicted octanol–water partition coefficient (Wildman–Crippen LogP) is 3.22. The van der Waals surface area contributed by atoms with Crippen LogP contribution in [-0.2, 0) is 6.54 Å². The molecule has 0 fully saturated rings. The van der Waals surface area contributed by atoms with E-state index >= 15 is 0 Å². The van der Waals surface area contributed by atoms with Crippen LogP contribution in [0.4, 0.5) is 0 Å². The minimum atomic E-state index is 1.00. The average molecular weight is 223 g/mol. The van der Waals surface area contributed by atoms with Crippen LogP contribution in [0.2, 0.25) is 0 Å². The molecule has 0 amide bonds. The molecule has 0 aliphatic carbocycles. The van der Waals surface area contributed by atoms with Gasteiger partial charge < -0.3 is 0 Å². The van der Waals surface area contributed by atoms with Gasteiger partial charge in [0.1, 0.15) is 0 Å². The van der Waals surface area contributed by atoms with Gasteiger partial charge in [-0.15, -0.1) is 0 Å². The lowest BCUT2D eigenvalue weighted by Gasteiger charge is -2.20. The maximum Gasteiger partial charge on any atom is 0.0233 e. The number of rotatable bonds is 7. The molecule has 15 heavy (non-hydrogen) atoms. The van der Waals surface area contributed by atoms with Gasteiger partial charge in [-0.05, 0) is 37.2 Å². The SMILES string of the molecule is CCN(CCCCS)Cc1ccccc1. The summed E-state index contributed by atoms with van der Waals surface area (Å²) in [7, 11) is 0. The van der Waals surface area contributed by atoms with Gasteiger partial charge in [0.2, 0.25) is 0 Å². The number of hydrogen-bond acceptors (Lipinski definition) is 2. The maximum absolute atomic E-state index is 4.23. The molecular weight excluding hydrogens is 202 g/mol. The van der Waals surface area contributed by atoms with Crippen molar-refractivity contribution < 1.29 is 0 Å². The van der Waals surface area contributed by atoms with E-state index in [1.807, 2.05) is 0 Å². The zero-order chi connectivity index (χ0) is 10.9. The van der Waals surface area contributed by atoms with Gasteiger partial charge in [-0.2, -0.15) is 12.6 Å². The van der Waals surface area contributed by atoms with Gasteiger partial charge in [0, 0.05) is 6.54 Å². The Labute approximate surface area is 98.9 Å². The first-order valence-electron chi connectivity index (χ1n) is 5.74. The molecule has 0 aromatic heterocycles. The lowest BCUT2D eigenvalue weighted by Crippen LogP contribution is -2.24. The van der Waals surface area contributed by atoms with Crippen molar-refractivity contribution >= 4 is 12.6 Å². The van der Waals surface area contributed by atoms with E-state index in [0.29, 0.717) is 0 Å². The second-order valence-corrected chi connectivity index (χ2v) is 4.23. The van der Waals surface area contributed by atoms with E-state index in [0.717, 1.165) is 18.8 Å². The number of benzene rings is 1. The fourth-order valence-corrected chi connectivity index (χ4v) is 1.86. The van der Waals surface area contributed by atoms with E-state index in [1.165, 1.54) is 24.9 Å². The Balaban J connectivity index is 2.33. The van der Waals surface area contributed by atoms with E-state index in [1.54, 1.807) is 0 Å². The van der Waals surface area contributed by atoms with Gasteiger partial charge >= 0.3 is 0 Å². The first kappa shape index (κ1) is 12.6. The Bertz CT molecular complexity index is 248. The highest BCUT2D eigenvalue weighted by molar-refractivity contribution is 7.80. The molecule has 0 heterocycles. The van der Waals surface area contributed by atoms with Crippen LogP contribution in [-0.4, -0.2) is 23.7 Å². The summed E-state index contributed by atoms with van der Waals surface area (Å²) < 4.78 is 0. The molecule has 1 aromatic carbocycles. The first-order valence-corrected chi connectivity index (χ1v) is 6.37. The Morgan fingerprint density at radius 1 is 1.13 bits per heavy atom. The predicted molar refractivity (Wildman–Crippen MR) is 70.5 cm³/mol. The van der Waals surface area contributed by atoms with Crippen LogP contribution in [0.1, 0.15) is 25.3 Å². The molecule has 0 aliphatic rings. The highest BCUT2D eigenvalue weighted by Crippen LogP contribution is 2.05. The Kier molecular flexibility index (Phi) is 6.53. The van der Waals surface area contributed by atoms with Crippen molar-refractivity contribution in [3.05, 3.63) is 35.9 Å². The zero-order valence-corrected chi connectivity index (χ0v) is 10.4. The number of nitrogens with zero attached hydrogens (tertiary/aromatic N) is 1. The summed E-state index contributed by atoms with van der Waals surface area (Å²) >= 11 is 4.23. The minimum Gasteiger partial charge on any atom is -0.299 e. The van der Waals surface area contributed by atoms with Gasteiger partial charge in [0.15, 0.2) is 0 Å². The van der Waals surface area contributed by atoms with Crippen LogP contribution < -0.4 is 0 Å². The maximum atomic E-state index is 4.23. The molecule has 2 heteroatoms. The molecule has 0 unspecified atom stereocenters. The molecule has 0 spiro atoms. The Morgan fingerprint density at radius 3 is 2.47 bits per heavy atom. The van der Waals surface area contributed by atoms with Crippen molar-refractivity contribution in [1.82, 2.24) is 4.90 Å². The lowest BCUT2D eigenvalue weighted by atomic mass is 10.2. The Morgan fingerprint density at radius 2 is 1.87 bits per heavy atom. The van der Waals surface area contributed by atoms with Gasteiger partial charge in [-0.25, -0.2) is 0 Å². The third-order valence-corrected chi connectivity index (χ3v) is 2.89. The smallest absolute Gasteiger partial charge is 0.0233 e. The van der Waals surface area contributed by atoms with Crippen LogP contribution in [0, 0.1) is 0 Å². The van der Waals surface area contributed by atoms with Gasteiger partial charge in [0.05, 0.1) is 0 Å². The highest BCUT2D eigenvalue weighted by atomic mass is 32.1. The highest BCUT2D eigenvalue weighted by Gasteiger charge is 2.02. The quantitative estimate of drug-likeness (QED) is 0.549. The first-order chi connectivity index (χ1) is 7.36. The van der Waals surface area contributed by atoms with Crippen molar-refractivity contribution in [2.24, 2.45) is 0 Å². The standard InChI is InChI=1S/C13H21NS/c1-2-14(10-6-7-11-15)12-13-8-4-3-5-9-13/h3-5,8-9,15H,2,6-7,10-12H2,1H3. The molecule has 0 atom stereocenters. The van der Waals surface area contributed by atoms with Crippen LogP contribution in [0.3, 0.4) is 0 Å². The third-order valence-electron chi connectivity index (χ3n) is 2.58. The number of thiol groups is 1. The molecule has 0 saturated carbocycles. The summed E-state index contributed by atoms with van der Waals surface area (Å²) in [5, 5.41) is 0. The zero-order valence-electron chi connectivity index (χ0n) is 9.52. The molecule has 0 aliphatic heterocycles. The fourth-order valence-electron chi connectivity index (χ4n) is 1.64. The number of hydrogen-bond donors (Lipinski definition) is 1. The summed E-state index contributed by atoms with van der Waals surface area (Å²) in [5.74, 6) is 1.00. The monoisotopic (exact) mass is 223 g/mol. The molecule has 1 aromatic rings. The van der Waals surface area contributed by atoms with Crippen LogP contribution >= 0.6 is 12.6 Å². The summed E-state index contributed by atoms with van der Waals surface area (Å²) in [6, 6.07) is 10.7. The van der Waals surface area contributed by atoms with Gasteiger partial charge in [0.25, 0.3) is 0 Å². The molecule has 0 saturated heterocycles. The van der Waals surface area contributed by atoms with Gasteiger partial charge in [-0.1, -0.05) is 37.3 Å². The van der Waals surface area contributed by atoms with E-state index in [9.17, 15) is 0 Å². The van der Waals surface area contributed by atoms with Crippen molar-refractivity contribution in [2.45, 2.75) is 26.3 Å². The molecule has 84 valence electrons. The molecule has 1 nitrogen and oxygen atoms in total. The topological polar surface area (TPSA) is 3.24 Å². The lowest BCUT2D eigenvalue weighted by molar-refractivity contribution is 0.276. The number of unbranched alkanes of at least 4 members (excludes halogenated alkanes) is 1. The summed E-state index contributed by atoms with van der Waals surface area (Å²) in [5.41, 5.74) is 1.41. The fraction of sp³-hybridized carbons (Fsp3) is 0.538. The molecule has 0 N–H and O–H groups in total.